The predicted octanol–water partition coefficient (Wildman–Crippen LogP) is 2.32. The Labute approximate surface area is 188 Å². The molecule has 32 heavy (non-hydrogen) atoms. The molecule has 0 aromatic carbocycles. The van der Waals surface area contributed by atoms with Gasteiger partial charge >= 0.3 is 0 Å². The fourth-order valence-electron chi connectivity index (χ4n) is 5.65. The van der Waals surface area contributed by atoms with Crippen LogP contribution >= 0.6 is 0 Å². The van der Waals surface area contributed by atoms with E-state index in [9.17, 15) is 14.4 Å². The van der Waals surface area contributed by atoms with Crippen LogP contribution in [0.1, 0.15) is 80.9 Å². The van der Waals surface area contributed by atoms with E-state index in [1.165, 1.54) is 0 Å². The molecular formula is C24H34N4O4. The number of aromatic nitrogens is 2. The summed E-state index contributed by atoms with van der Waals surface area (Å²) in [6.45, 7) is 1.70. The number of aromatic amines is 1. The predicted molar refractivity (Wildman–Crippen MR) is 118 cm³/mol. The van der Waals surface area contributed by atoms with E-state index in [-0.39, 0.29) is 41.4 Å². The van der Waals surface area contributed by atoms with Gasteiger partial charge in [0.25, 0.3) is 5.56 Å². The highest BCUT2D eigenvalue weighted by Crippen LogP contribution is 2.35. The van der Waals surface area contributed by atoms with Crippen LogP contribution in [0.15, 0.2) is 4.79 Å². The number of H-pyrrole nitrogens is 1. The first kappa shape index (κ1) is 21.6. The Morgan fingerprint density at radius 1 is 0.969 bits per heavy atom. The van der Waals surface area contributed by atoms with Gasteiger partial charge in [0, 0.05) is 37.6 Å². The number of nitrogens with one attached hydrogen (secondary N) is 1. The molecule has 1 saturated heterocycles. The van der Waals surface area contributed by atoms with Gasteiger partial charge in [-0.3, -0.25) is 14.4 Å². The Kier molecular flexibility index (Phi) is 6.05. The molecule has 1 N–H and O–H groups in total. The Morgan fingerprint density at radius 2 is 1.69 bits per heavy atom. The van der Waals surface area contributed by atoms with Gasteiger partial charge in [-0.1, -0.05) is 0 Å². The van der Waals surface area contributed by atoms with Gasteiger partial charge < -0.3 is 19.5 Å². The molecule has 2 aliphatic carbocycles. The number of amides is 2. The molecule has 174 valence electrons. The third kappa shape index (κ3) is 4.21. The van der Waals surface area contributed by atoms with E-state index in [4.69, 9.17) is 9.72 Å². The number of hydrogen-bond acceptors (Lipinski definition) is 5. The van der Waals surface area contributed by atoms with E-state index < -0.39 is 0 Å². The van der Waals surface area contributed by atoms with Crippen molar-refractivity contribution < 1.29 is 14.3 Å². The van der Waals surface area contributed by atoms with E-state index in [1.54, 1.807) is 7.11 Å². The summed E-state index contributed by atoms with van der Waals surface area (Å²) >= 11 is 0. The lowest BCUT2D eigenvalue weighted by atomic mass is 9.85. The number of ether oxygens (including phenoxy) is 1. The zero-order valence-corrected chi connectivity index (χ0v) is 19.0. The Morgan fingerprint density at radius 3 is 2.41 bits per heavy atom. The lowest BCUT2D eigenvalue weighted by Gasteiger charge is -2.39. The SMILES string of the molecule is COC1CCC(C(=O)N2CCCC[C@H]2c2nc3c(c(=O)[nH]2)CCN(C(=O)C2CC2)C3)CC1. The standard InChI is InChI=1S/C24H34N4O4/c1-32-17-9-7-16(8-10-17)24(31)28-12-3-2-4-20(28)21-25-19-14-27(23(30)15-5-6-15)13-11-18(19)22(29)26-21/h15-17,20H,2-14H2,1H3,(H,25,26,29)/t16?,17?,20-/m0/s1. The first-order valence-electron chi connectivity index (χ1n) is 12.3. The van der Waals surface area contributed by atoms with E-state index in [0.29, 0.717) is 43.1 Å². The fourth-order valence-corrected chi connectivity index (χ4v) is 5.65. The van der Waals surface area contributed by atoms with Crippen molar-refractivity contribution in [2.75, 3.05) is 20.2 Å². The van der Waals surface area contributed by atoms with Crippen molar-refractivity contribution in [2.45, 2.75) is 82.9 Å². The molecule has 8 heteroatoms. The van der Waals surface area contributed by atoms with Crippen LogP contribution in [-0.4, -0.2) is 57.9 Å². The number of likely N-dealkylation sites (tertiary alicyclic amines) is 1. The number of nitrogens with zero attached hydrogens (tertiary/aromatic N) is 3. The van der Waals surface area contributed by atoms with Crippen LogP contribution in [0.4, 0.5) is 0 Å². The summed E-state index contributed by atoms with van der Waals surface area (Å²) in [7, 11) is 1.74. The molecule has 3 fully saturated rings. The molecule has 5 rings (SSSR count). The van der Waals surface area contributed by atoms with E-state index >= 15 is 0 Å². The monoisotopic (exact) mass is 442 g/mol. The zero-order valence-electron chi connectivity index (χ0n) is 19.0. The second-order valence-electron chi connectivity index (χ2n) is 9.91. The Balaban J connectivity index is 1.36. The first-order chi connectivity index (χ1) is 15.5. The van der Waals surface area contributed by atoms with E-state index in [2.05, 4.69) is 4.98 Å². The van der Waals surface area contributed by atoms with Crippen molar-refractivity contribution in [2.24, 2.45) is 11.8 Å². The topological polar surface area (TPSA) is 95.6 Å². The van der Waals surface area contributed by atoms with Crippen molar-refractivity contribution in [1.29, 1.82) is 0 Å². The summed E-state index contributed by atoms with van der Waals surface area (Å²) in [5.41, 5.74) is 1.30. The van der Waals surface area contributed by atoms with Crippen LogP contribution in [-0.2, 0) is 27.3 Å². The molecule has 0 unspecified atom stereocenters. The second-order valence-corrected chi connectivity index (χ2v) is 9.91. The summed E-state index contributed by atoms with van der Waals surface area (Å²) in [4.78, 5) is 50.5. The van der Waals surface area contributed by atoms with Crippen LogP contribution in [0, 0.1) is 11.8 Å². The highest BCUT2D eigenvalue weighted by atomic mass is 16.5. The minimum atomic E-state index is -0.191. The van der Waals surface area contributed by atoms with Gasteiger partial charge in [0.1, 0.15) is 5.82 Å². The quantitative estimate of drug-likeness (QED) is 0.772. The Bertz CT molecular complexity index is 932. The smallest absolute Gasteiger partial charge is 0.254 e. The number of carbonyl (C=O) groups excluding carboxylic acids is 2. The van der Waals surface area contributed by atoms with Crippen molar-refractivity contribution in [3.63, 3.8) is 0 Å². The minimum Gasteiger partial charge on any atom is -0.381 e. The van der Waals surface area contributed by atoms with Crippen molar-refractivity contribution in [1.82, 2.24) is 19.8 Å². The van der Waals surface area contributed by atoms with Crippen LogP contribution in [0.5, 0.6) is 0 Å². The number of rotatable bonds is 4. The molecule has 1 aromatic heterocycles. The molecule has 0 bridgehead atoms. The maximum absolute atomic E-state index is 13.4. The summed E-state index contributed by atoms with van der Waals surface area (Å²) < 4.78 is 5.46. The van der Waals surface area contributed by atoms with Gasteiger partial charge in [0.2, 0.25) is 11.8 Å². The molecule has 8 nitrogen and oxygen atoms in total. The highest BCUT2D eigenvalue weighted by molar-refractivity contribution is 5.81. The number of piperidine rings is 1. The van der Waals surface area contributed by atoms with Gasteiger partial charge in [0.15, 0.2) is 0 Å². The molecule has 1 aromatic rings. The summed E-state index contributed by atoms with van der Waals surface area (Å²) in [6.07, 6.45) is 9.11. The van der Waals surface area contributed by atoms with E-state index in [0.717, 1.165) is 57.8 Å². The molecule has 0 spiro atoms. The number of carbonyl (C=O) groups is 2. The molecule has 3 heterocycles. The Hall–Kier alpha value is -2.22. The molecule has 1 atom stereocenters. The maximum atomic E-state index is 13.4. The number of methoxy groups -OCH3 is 1. The molecule has 2 aliphatic heterocycles. The lowest BCUT2D eigenvalue weighted by molar-refractivity contribution is -0.141. The molecular weight excluding hydrogens is 408 g/mol. The average Bonchev–Trinajstić information content (AvgIpc) is 3.68. The van der Waals surface area contributed by atoms with Crippen LogP contribution in [0.25, 0.3) is 0 Å². The van der Waals surface area contributed by atoms with Crippen LogP contribution < -0.4 is 5.56 Å². The highest BCUT2D eigenvalue weighted by Gasteiger charge is 2.38. The fraction of sp³-hybridized carbons (Fsp3) is 0.750. The molecule has 0 radical (unpaired) electrons. The van der Waals surface area contributed by atoms with Crippen LogP contribution in [0.3, 0.4) is 0 Å². The molecule has 2 saturated carbocycles. The average molecular weight is 443 g/mol. The minimum absolute atomic E-state index is 0.0259. The summed E-state index contributed by atoms with van der Waals surface area (Å²) in [5.74, 6) is 1.17. The zero-order chi connectivity index (χ0) is 22.2. The van der Waals surface area contributed by atoms with Gasteiger partial charge in [0.05, 0.1) is 24.4 Å². The third-order valence-electron chi connectivity index (χ3n) is 7.79. The number of hydrogen-bond donors (Lipinski definition) is 1. The largest absolute Gasteiger partial charge is 0.381 e. The van der Waals surface area contributed by atoms with Gasteiger partial charge in [-0.05, 0) is 64.2 Å². The summed E-state index contributed by atoms with van der Waals surface area (Å²) in [5, 5.41) is 0. The number of fused-ring (bicyclic) bond motifs is 1. The van der Waals surface area contributed by atoms with Gasteiger partial charge in [-0.15, -0.1) is 0 Å². The normalized spacial score (nSPS) is 28.3. The van der Waals surface area contributed by atoms with Crippen LogP contribution in [0.2, 0.25) is 0 Å². The van der Waals surface area contributed by atoms with Gasteiger partial charge in [-0.2, -0.15) is 0 Å². The van der Waals surface area contributed by atoms with Crippen molar-refractivity contribution >= 4 is 11.8 Å². The molecule has 4 aliphatic rings. The van der Waals surface area contributed by atoms with Crippen molar-refractivity contribution in [3.8, 4) is 0 Å². The maximum Gasteiger partial charge on any atom is 0.254 e. The summed E-state index contributed by atoms with van der Waals surface area (Å²) in [6, 6.07) is -0.191. The lowest BCUT2D eigenvalue weighted by Crippen LogP contribution is -2.45. The second kappa shape index (κ2) is 8.96. The van der Waals surface area contributed by atoms with Crippen molar-refractivity contribution in [3.05, 3.63) is 27.4 Å². The van der Waals surface area contributed by atoms with Gasteiger partial charge in [-0.25, -0.2) is 4.98 Å². The third-order valence-corrected chi connectivity index (χ3v) is 7.79. The first-order valence-corrected chi connectivity index (χ1v) is 12.3. The molecule has 2 amide bonds. The van der Waals surface area contributed by atoms with E-state index in [1.807, 2.05) is 9.80 Å².